The van der Waals surface area contributed by atoms with Crippen LogP contribution in [0.25, 0.3) is 0 Å². The van der Waals surface area contributed by atoms with Gasteiger partial charge in [0.05, 0.1) is 6.54 Å². The van der Waals surface area contributed by atoms with Crippen LogP contribution in [0.2, 0.25) is 0 Å². The lowest BCUT2D eigenvalue weighted by Crippen LogP contribution is -2.31. The van der Waals surface area contributed by atoms with Gasteiger partial charge in [-0.25, -0.2) is 0 Å². The molecule has 0 aliphatic heterocycles. The Kier molecular flexibility index (Phi) is 4.27. The van der Waals surface area contributed by atoms with E-state index >= 15 is 0 Å². The molecule has 2 nitrogen and oxygen atoms in total. The smallest absolute Gasteiger partial charge is 0.0574 e. The Morgan fingerprint density at radius 3 is 2.54 bits per heavy atom. The summed E-state index contributed by atoms with van der Waals surface area (Å²) in [7, 11) is 0. The van der Waals surface area contributed by atoms with Crippen molar-refractivity contribution in [2.24, 2.45) is 5.41 Å². The molecule has 2 heteroatoms. The first-order chi connectivity index (χ1) is 6.33. The largest absolute Gasteiger partial charge is 0.315 e. The van der Waals surface area contributed by atoms with Crippen LogP contribution in [0.5, 0.6) is 0 Å². The monoisotopic (exact) mass is 180 g/mol. The van der Waals surface area contributed by atoms with Crippen LogP contribution in [0.3, 0.4) is 0 Å². The molecule has 74 valence electrons. The van der Waals surface area contributed by atoms with Gasteiger partial charge in [-0.1, -0.05) is 12.8 Å². The highest BCUT2D eigenvalue weighted by atomic mass is 14.9. The lowest BCUT2D eigenvalue weighted by atomic mass is 10.0. The summed E-state index contributed by atoms with van der Waals surface area (Å²) in [5.74, 6) is 2.56. The van der Waals surface area contributed by atoms with Gasteiger partial charge in [0.15, 0.2) is 0 Å². The molecule has 1 aliphatic rings. The molecule has 0 aromatic carbocycles. The van der Waals surface area contributed by atoms with E-state index in [1.807, 2.05) is 0 Å². The van der Waals surface area contributed by atoms with Crippen molar-refractivity contribution < 1.29 is 0 Å². The zero-order chi connectivity index (χ0) is 9.57. The second kappa shape index (κ2) is 5.26. The van der Waals surface area contributed by atoms with Crippen molar-refractivity contribution in [2.75, 3.05) is 26.2 Å². The van der Waals surface area contributed by atoms with Gasteiger partial charge in [-0.2, -0.15) is 0 Å². The van der Waals surface area contributed by atoms with E-state index in [9.17, 15) is 0 Å². The van der Waals surface area contributed by atoms with Gasteiger partial charge in [-0.3, -0.25) is 0 Å². The molecule has 0 aromatic rings. The minimum Gasteiger partial charge on any atom is -0.315 e. The molecular weight excluding hydrogens is 160 g/mol. The van der Waals surface area contributed by atoms with Crippen LogP contribution in [0, 0.1) is 17.8 Å². The number of hydrogen-bond acceptors (Lipinski definition) is 2. The average molecular weight is 180 g/mol. The van der Waals surface area contributed by atoms with Crippen LogP contribution in [-0.4, -0.2) is 26.2 Å². The Morgan fingerprint density at radius 1 is 1.31 bits per heavy atom. The lowest BCUT2D eigenvalue weighted by molar-refractivity contribution is 0.443. The zero-order valence-electron chi connectivity index (χ0n) is 8.53. The van der Waals surface area contributed by atoms with Crippen LogP contribution in [0.1, 0.15) is 26.2 Å². The number of terminal acetylenes is 1. The molecule has 1 saturated carbocycles. The van der Waals surface area contributed by atoms with Gasteiger partial charge in [-0.15, -0.1) is 6.42 Å². The third-order valence-electron chi connectivity index (χ3n) is 2.91. The number of rotatable bonds is 7. The molecule has 1 aliphatic carbocycles. The van der Waals surface area contributed by atoms with Crippen LogP contribution >= 0.6 is 0 Å². The van der Waals surface area contributed by atoms with Gasteiger partial charge in [0.1, 0.15) is 0 Å². The van der Waals surface area contributed by atoms with Gasteiger partial charge in [-0.05, 0) is 24.7 Å². The standard InChI is InChI=1S/C11H20N2/c1-3-7-12-8-9-13-10-11(4-2)5-6-11/h1,12-13H,4-10H2,2H3. The summed E-state index contributed by atoms with van der Waals surface area (Å²) < 4.78 is 0. The summed E-state index contributed by atoms with van der Waals surface area (Å²) in [6, 6.07) is 0. The Balaban J connectivity index is 1.87. The van der Waals surface area contributed by atoms with Crippen molar-refractivity contribution >= 4 is 0 Å². The van der Waals surface area contributed by atoms with E-state index in [0.717, 1.165) is 13.1 Å². The second-order valence-electron chi connectivity index (χ2n) is 3.91. The van der Waals surface area contributed by atoms with Crippen LogP contribution in [0.4, 0.5) is 0 Å². The van der Waals surface area contributed by atoms with Crippen molar-refractivity contribution in [1.29, 1.82) is 0 Å². The van der Waals surface area contributed by atoms with Crippen LogP contribution < -0.4 is 10.6 Å². The Labute approximate surface area is 81.5 Å². The fraction of sp³-hybridized carbons (Fsp3) is 0.818. The van der Waals surface area contributed by atoms with Crippen molar-refractivity contribution in [3.05, 3.63) is 0 Å². The predicted molar refractivity (Wildman–Crippen MR) is 56.5 cm³/mol. The van der Waals surface area contributed by atoms with Crippen LogP contribution in [0.15, 0.2) is 0 Å². The van der Waals surface area contributed by atoms with E-state index in [2.05, 4.69) is 23.5 Å². The molecule has 13 heavy (non-hydrogen) atoms. The first-order valence-electron chi connectivity index (χ1n) is 5.18. The molecule has 0 spiro atoms. The Morgan fingerprint density at radius 2 is 2.00 bits per heavy atom. The molecule has 0 radical (unpaired) electrons. The molecule has 0 amide bonds. The third-order valence-corrected chi connectivity index (χ3v) is 2.91. The summed E-state index contributed by atoms with van der Waals surface area (Å²) >= 11 is 0. The summed E-state index contributed by atoms with van der Waals surface area (Å²) in [6.07, 6.45) is 9.25. The van der Waals surface area contributed by atoms with Crippen molar-refractivity contribution in [2.45, 2.75) is 26.2 Å². The number of hydrogen-bond donors (Lipinski definition) is 2. The normalized spacial score (nSPS) is 18.2. The maximum atomic E-state index is 5.11. The topological polar surface area (TPSA) is 24.1 Å². The molecular formula is C11H20N2. The van der Waals surface area contributed by atoms with E-state index in [1.54, 1.807) is 0 Å². The SMILES string of the molecule is C#CCNCCNCC1(CC)CC1. The molecule has 0 saturated heterocycles. The van der Waals surface area contributed by atoms with E-state index in [4.69, 9.17) is 6.42 Å². The number of nitrogens with one attached hydrogen (secondary N) is 2. The van der Waals surface area contributed by atoms with E-state index in [-0.39, 0.29) is 0 Å². The summed E-state index contributed by atoms with van der Waals surface area (Å²) in [6.45, 7) is 6.15. The second-order valence-corrected chi connectivity index (χ2v) is 3.91. The molecule has 0 unspecified atom stereocenters. The molecule has 1 rings (SSSR count). The van der Waals surface area contributed by atoms with E-state index in [1.165, 1.54) is 25.8 Å². The molecule has 2 N–H and O–H groups in total. The Bertz CT molecular complexity index is 177. The fourth-order valence-electron chi connectivity index (χ4n) is 1.52. The quantitative estimate of drug-likeness (QED) is 0.451. The fourth-order valence-corrected chi connectivity index (χ4v) is 1.52. The minimum atomic E-state index is 0.659. The third kappa shape index (κ3) is 3.80. The zero-order valence-corrected chi connectivity index (χ0v) is 8.53. The maximum Gasteiger partial charge on any atom is 0.0574 e. The van der Waals surface area contributed by atoms with Crippen molar-refractivity contribution in [1.82, 2.24) is 10.6 Å². The highest BCUT2D eigenvalue weighted by molar-refractivity contribution is 4.93. The van der Waals surface area contributed by atoms with Gasteiger partial charge in [0, 0.05) is 19.6 Å². The lowest BCUT2D eigenvalue weighted by Gasteiger charge is -2.13. The van der Waals surface area contributed by atoms with Gasteiger partial charge < -0.3 is 10.6 Å². The van der Waals surface area contributed by atoms with Crippen LogP contribution in [-0.2, 0) is 0 Å². The summed E-state index contributed by atoms with van der Waals surface area (Å²) in [4.78, 5) is 0. The molecule has 0 bridgehead atoms. The summed E-state index contributed by atoms with van der Waals surface area (Å²) in [5.41, 5.74) is 0.659. The minimum absolute atomic E-state index is 0.659. The molecule has 0 heterocycles. The van der Waals surface area contributed by atoms with Crippen molar-refractivity contribution in [3.8, 4) is 12.3 Å². The summed E-state index contributed by atoms with van der Waals surface area (Å²) in [5, 5.41) is 6.63. The maximum absolute atomic E-state index is 5.11. The van der Waals surface area contributed by atoms with Gasteiger partial charge >= 0.3 is 0 Å². The van der Waals surface area contributed by atoms with E-state index in [0.29, 0.717) is 12.0 Å². The first-order valence-corrected chi connectivity index (χ1v) is 5.18. The van der Waals surface area contributed by atoms with Gasteiger partial charge in [0.2, 0.25) is 0 Å². The predicted octanol–water partition coefficient (Wildman–Crippen LogP) is 0.989. The van der Waals surface area contributed by atoms with Crippen molar-refractivity contribution in [3.63, 3.8) is 0 Å². The van der Waals surface area contributed by atoms with E-state index < -0.39 is 0 Å². The van der Waals surface area contributed by atoms with Gasteiger partial charge in [0.25, 0.3) is 0 Å². The highest BCUT2D eigenvalue weighted by Crippen LogP contribution is 2.47. The Hall–Kier alpha value is -0.520. The molecule has 0 atom stereocenters. The average Bonchev–Trinajstić information content (AvgIpc) is 2.92. The molecule has 0 aromatic heterocycles. The highest BCUT2D eigenvalue weighted by Gasteiger charge is 2.39. The molecule has 1 fully saturated rings. The first kappa shape index (κ1) is 10.6.